The van der Waals surface area contributed by atoms with E-state index in [-0.39, 0.29) is 17.1 Å². The van der Waals surface area contributed by atoms with Crippen LogP contribution in [0.15, 0.2) is 101 Å². The number of fused-ring (bicyclic) bond motifs is 2. The number of nitrogens with one attached hydrogen (secondary N) is 3. The van der Waals surface area contributed by atoms with Gasteiger partial charge in [-0.2, -0.15) is 4.72 Å². The molecule has 11 heteroatoms. The third-order valence-electron chi connectivity index (χ3n) is 6.18. The van der Waals surface area contributed by atoms with Crippen LogP contribution in [0.3, 0.4) is 0 Å². The summed E-state index contributed by atoms with van der Waals surface area (Å²) >= 11 is 0. The summed E-state index contributed by atoms with van der Waals surface area (Å²) in [7, 11) is -4.17. The van der Waals surface area contributed by atoms with Gasteiger partial charge in [-0.1, -0.05) is 54.6 Å². The molecule has 0 saturated heterocycles. The van der Waals surface area contributed by atoms with Gasteiger partial charge in [-0.3, -0.25) is 9.59 Å². The Morgan fingerprint density at radius 3 is 2.58 bits per heavy atom. The summed E-state index contributed by atoms with van der Waals surface area (Å²) in [6.07, 6.45) is 5.09. The van der Waals surface area contributed by atoms with Gasteiger partial charge in [0.15, 0.2) is 0 Å². The smallest absolute Gasteiger partial charge is 0.322 e. The molecule has 0 spiro atoms. The molecule has 0 aliphatic heterocycles. The number of H-pyrrole nitrogens is 1. The Morgan fingerprint density at radius 2 is 1.80 bits per heavy atom. The second-order valence-corrected chi connectivity index (χ2v) is 10.7. The topological polar surface area (TPSA) is 154 Å². The summed E-state index contributed by atoms with van der Waals surface area (Å²) in [6.45, 7) is 0.536. The molecule has 5 aromatic rings. The fourth-order valence-electron chi connectivity index (χ4n) is 4.19. The van der Waals surface area contributed by atoms with E-state index >= 15 is 0 Å². The number of carboxylic acid groups (broad SMARTS) is 1. The molecule has 10 nitrogen and oxygen atoms in total. The normalized spacial score (nSPS) is 12.6. The van der Waals surface area contributed by atoms with Crippen molar-refractivity contribution >= 4 is 49.6 Å². The first-order valence-corrected chi connectivity index (χ1v) is 13.9. The molecular weight excluding hydrogens is 530 g/mol. The number of benzene rings is 3. The summed E-state index contributed by atoms with van der Waals surface area (Å²) in [5, 5.41) is 14.8. The maximum absolute atomic E-state index is 13.0. The SMILES string of the molecule is O=C(O)[C@H](Cc1nc2ccc(/C=C/CNc3ccccn3)cc2c(=O)[nH]1)NS(=O)(=O)c1ccc2ccccc2c1. The van der Waals surface area contributed by atoms with Gasteiger partial charge in [-0.25, -0.2) is 18.4 Å². The van der Waals surface area contributed by atoms with Gasteiger partial charge in [-0.05, 0) is 52.7 Å². The number of aromatic nitrogens is 3. The van der Waals surface area contributed by atoms with E-state index in [4.69, 9.17) is 0 Å². The van der Waals surface area contributed by atoms with Crippen molar-refractivity contribution in [3.05, 3.63) is 113 Å². The lowest BCUT2D eigenvalue weighted by Crippen LogP contribution is -2.42. The molecule has 5 rings (SSSR count). The number of carboxylic acids is 1. The van der Waals surface area contributed by atoms with Gasteiger partial charge in [0.05, 0.1) is 15.8 Å². The highest BCUT2D eigenvalue weighted by molar-refractivity contribution is 7.89. The van der Waals surface area contributed by atoms with Gasteiger partial charge >= 0.3 is 5.97 Å². The molecule has 0 aliphatic carbocycles. The van der Waals surface area contributed by atoms with Crippen molar-refractivity contribution in [2.75, 3.05) is 11.9 Å². The van der Waals surface area contributed by atoms with Crippen LogP contribution in [0.4, 0.5) is 5.82 Å². The molecule has 0 radical (unpaired) electrons. The Bertz CT molecular complexity index is 1890. The van der Waals surface area contributed by atoms with Crippen LogP contribution in [0.2, 0.25) is 0 Å². The van der Waals surface area contributed by atoms with Gasteiger partial charge in [0.25, 0.3) is 5.56 Å². The van der Waals surface area contributed by atoms with Crippen LogP contribution >= 0.6 is 0 Å². The number of nitrogens with zero attached hydrogens (tertiary/aromatic N) is 2. The minimum atomic E-state index is -4.17. The third-order valence-corrected chi connectivity index (χ3v) is 7.65. The molecule has 2 heterocycles. The number of aliphatic carboxylic acids is 1. The molecule has 0 bridgehead atoms. The van der Waals surface area contributed by atoms with Crippen molar-refractivity contribution in [3.63, 3.8) is 0 Å². The van der Waals surface area contributed by atoms with Crippen LogP contribution in [0.1, 0.15) is 11.4 Å². The van der Waals surface area contributed by atoms with Gasteiger partial charge in [0, 0.05) is 19.2 Å². The molecule has 0 unspecified atom stereocenters. The predicted molar refractivity (Wildman–Crippen MR) is 154 cm³/mol. The number of hydrogen-bond donors (Lipinski definition) is 4. The van der Waals surface area contributed by atoms with Crippen LogP contribution in [-0.2, 0) is 21.2 Å². The zero-order chi connectivity index (χ0) is 28.1. The average Bonchev–Trinajstić information content (AvgIpc) is 2.95. The lowest BCUT2D eigenvalue weighted by Gasteiger charge is -2.15. The van der Waals surface area contributed by atoms with Crippen LogP contribution in [-0.4, -0.2) is 47.0 Å². The highest BCUT2D eigenvalue weighted by Gasteiger charge is 2.27. The van der Waals surface area contributed by atoms with Gasteiger partial charge in [0.2, 0.25) is 10.0 Å². The lowest BCUT2D eigenvalue weighted by molar-refractivity contribution is -0.139. The van der Waals surface area contributed by atoms with E-state index < -0.39 is 27.6 Å². The Hall–Kier alpha value is -4.87. The number of anilines is 1. The van der Waals surface area contributed by atoms with Crippen molar-refractivity contribution in [3.8, 4) is 0 Å². The van der Waals surface area contributed by atoms with Crippen molar-refractivity contribution in [2.24, 2.45) is 0 Å². The molecule has 0 aliphatic rings. The molecule has 0 amide bonds. The summed E-state index contributed by atoms with van der Waals surface area (Å²) in [5.41, 5.74) is 0.689. The molecule has 2 aromatic heterocycles. The standard InChI is InChI=1S/C29H25N5O5S/c35-28-23-16-19(6-5-15-31-26-9-3-4-14-30-26)10-13-24(23)32-27(33-28)18-25(29(36)37)34-40(38,39)22-12-11-20-7-1-2-8-21(20)17-22/h1-14,16-17,25,34H,15,18H2,(H,30,31)(H,36,37)(H,32,33,35)/b6-5+/t25-/m0/s1. The van der Waals surface area contributed by atoms with Crippen molar-refractivity contribution in [1.82, 2.24) is 19.7 Å². The van der Waals surface area contributed by atoms with E-state index in [2.05, 4.69) is 25.0 Å². The molecule has 4 N–H and O–H groups in total. The largest absolute Gasteiger partial charge is 0.480 e. The first-order valence-electron chi connectivity index (χ1n) is 12.4. The first kappa shape index (κ1) is 26.7. The summed E-state index contributed by atoms with van der Waals surface area (Å²) < 4.78 is 28.2. The molecule has 0 fully saturated rings. The average molecular weight is 556 g/mol. The Morgan fingerprint density at radius 1 is 1.00 bits per heavy atom. The number of rotatable bonds is 10. The summed E-state index contributed by atoms with van der Waals surface area (Å²) in [5.74, 6) is -0.598. The predicted octanol–water partition coefficient (Wildman–Crippen LogP) is 3.57. The third kappa shape index (κ3) is 6.22. The maximum Gasteiger partial charge on any atom is 0.322 e. The van der Waals surface area contributed by atoms with E-state index in [9.17, 15) is 23.1 Å². The number of carbonyl (C=O) groups is 1. The van der Waals surface area contributed by atoms with Crippen LogP contribution < -0.4 is 15.6 Å². The lowest BCUT2D eigenvalue weighted by atomic mass is 10.1. The second-order valence-electron chi connectivity index (χ2n) is 9.01. The van der Waals surface area contributed by atoms with E-state index in [0.717, 1.165) is 16.8 Å². The number of pyridine rings is 1. The minimum Gasteiger partial charge on any atom is -0.480 e. The van der Waals surface area contributed by atoms with Crippen molar-refractivity contribution < 1.29 is 18.3 Å². The zero-order valence-corrected chi connectivity index (χ0v) is 21.9. The van der Waals surface area contributed by atoms with E-state index in [1.54, 1.807) is 42.6 Å². The van der Waals surface area contributed by atoms with Crippen molar-refractivity contribution in [2.45, 2.75) is 17.4 Å². The number of hydrogen-bond acceptors (Lipinski definition) is 7. The molecule has 3 aromatic carbocycles. The zero-order valence-electron chi connectivity index (χ0n) is 21.1. The highest BCUT2D eigenvalue weighted by atomic mass is 32.2. The Labute approximate surface area is 229 Å². The summed E-state index contributed by atoms with van der Waals surface area (Å²) in [4.78, 5) is 35.9. The maximum atomic E-state index is 13.0. The summed E-state index contributed by atoms with van der Waals surface area (Å²) in [6, 6.07) is 20.9. The Balaban J connectivity index is 1.31. The quantitative estimate of drug-likeness (QED) is 0.204. The monoisotopic (exact) mass is 555 g/mol. The molecule has 1 atom stereocenters. The van der Waals surface area contributed by atoms with Gasteiger partial charge in [0.1, 0.15) is 17.7 Å². The van der Waals surface area contributed by atoms with E-state index in [0.29, 0.717) is 22.8 Å². The first-order chi connectivity index (χ1) is 19.3. The fraction of sp³-hybridized carbons (Fsp3) is 0.103. The molecule has 40 heavy (non-hydrogen) atoms. The van der Waals surface area contributed by atoms with Crippen LogP contribution in [0.5, 0.6) is 0 Å². The molecule has 202 valence electrons. The minimum absolute atomic E-state index is 0.0500. The van der Waals surface area contributed by atoms with Crippen LogP contribution in [0.25, 0.3) is 27.8 Å². The fourth-order valence-corrected chi connectivity index (χ4v) is 5.42. The van der Waals surface area contributed by atoms with Crippen molar-refractivity contribution in [1.29, 1.82) is 0 Å². The second kappa shape index (κ2) is 11.5. The van der Waals surface area contributed by atoms with E-state index in [1.807, 2.05) is 42.5 Å². The molecular formula is C29H25N5O5S. The van der Waals surface area contributed by atoms with E-state index in [1.165, 1.54) is 12.1 Å². The van der Waals surface area contributed by atoms with Gasteiger partial charge < -0.3 is 15.4 Å². The molecule has 0 saturated carbocycles. The number of aromatic amines is 1. The Kier molecular flexibility index (Phi) is 7.67. The van der Waals surface area contributed by atoms with Crippen LogP contribution in [0, 0.1) is 0 Å². The van der Waals surface area contributed by atoms with Gasteiger partial charge in [-0.15, -0.1) is 0 Å². The highest BCUT2D eigenvalue weighted by Crippen LogP contribution is 2.19. The number of sulfonamides is 1.